The zero-order valence-corrected chi connectivity index (χ0v) is 23.8. The molecule has 4 rings (SSSR count). The van der Waals surface area contributed by atoms with Crippen LogP contribution in [0.1, 0.15) is 65.5 Å². The summed E-state index contributed by atoms with van der Waals surface area (Å²) in [4.78, 5) is 9.14. The van der Waals surface area contributed by atoms with Gasteiger partial charge in [0.25, 0.3) is 0 Å². The van der Waals surface area contributed by atoms with Gasteiger partial charge in [0.15, 0.2) is 15.7 Å². The molecule has 0 spiro atoms. The smallest absolute Gasteiger partial charge is 0.229 e. The van der Waals surface area contributed by atoms with Crippen molar-refractivity contribution in [2.24, 2.45) is 0 Å². The van der Waals surface area contributed by atoms with Crippen LogP contribution in [0.4, 0.5) is 23.1 Å². The van der Waals surface area contributed by atoms with Crippen LogP contribution < -0.4 is 15.4 Å². The molecule has 0 bridgehead atoms. The summed E-state index contributed by atoms with van der Waals surface area (Å²) in [6.45, 7) is 11.9. The summed E-state index contributed by atoms with van der Waals surface area (Å²) in [5.41, 5.74) is 3.86. The minimum atomic E-state index is -3.52. The van der Waals surface area contributed by atoms with E-state index in [9.17, 15) is 8.42 Å². The van der Waals surface area contributed by atoms with Crippen LogP contribution in [-0.4, -0.2) is 29.7 Å². The van der Waals surface area contributed by atoms with E-state index in [2.05, 4.69) is 46.6 Å². The lowest BCUT2D eigenvalue weighted by Crippen LogP contribution is -2.24. The molecule has 2 aromatic carbocycles. The van der Waals surface area contributed by atoms with Crippen LogP contribution in [0.2, 0.25) is 5.02 Å². The second-order valence-electron chi connectivity index (χ2n) is 10.6. The van der Waals surface area contributed by atoms with Gasteiger partial charge in [-0.3, -0.25) is 0 Å². The van der Waals surface area contributed by atoms with Crippen LogP contribution in [0.15, 0.2) is 47.5 Å². The molecule has 0 amide bonds. The minimum absolute atomic E-state index is 0.00641. The highest BCUT2D eigenvalue weighted by Gasteiger charge is 2.29. The third kappa shape index (κ3) is 5.85. The third-order valence-electron chi connectivity index (χ3n) is 6.60. The van der Waals surface area contributed by atoms with Crippen molar-refractivity contribution in [1.82, 2.24) is 9.97 Å². The van der Waals surface area contributed by atoms with Gasteiger partial charge in [-0.1, -0.05) is 37.6 Å². The molecule has 0 saturated carbocycles. The Kier molecular flexibility index (Phi) is 7.72. The highest BCUT2D eigenvalue weighted by atomic mass is 35.5. The summed E-state index contributed by atoms with van der Waals surface area (Å²) < 4.78 is 32.0. The van der Waals surface area contributed by atoms with Gasteiger partial charge in [0.1, 0.15) is 10.8 Å². The lowest BCUT2D eigenvalue weighted by Gasteiger charge is -2.33. The first-order chi connectivity index (χ1) is 17.4. The molecule has 1 aliphatic rings. The quantitative estimate of drug-likeness (QED) is 0.311. The van der Waals surface area contributed by atoms with Gasteiger partial charge in [-0.05, 0) is 87.8 Å². The lowest BCUT2D eigenvalue weighted by molar-refractivity contribution is 0.242. The van der Waals surface area contributed by atoms with E-state index in [1.54, 1.807) is 38.1 Å². The fourth-order valence-corrected chi connectivity index (χ4v) is 5.94. The molecule has 7 nitrogen and oxygen atoms in total. The summed E-state index contributed by atoms with van der Waals surface area (Å²) in [6.07, 6.45) is 4.76. The molecule has 3 aromatic rings. The van der Waals surface area contributed by atoms with E-state index in [1.165, 1.54) is 17.3 Å². The Bertz CT molecular complexity index is 1400. The maximum Gasteiger partial charge on any atom is 0.229 e. The fraction of sp³-hybridized carbons (Fsp3) is 0.429. The van der Waals surface area contributed by atoms with Crippen molar-refractivity contribution in [3.8, 4) is 5.75 Å². The van der Waals surface area contributed by atoms with E-state index < -0.39 is 15.1 Å². The fourth-order valence-electron chi connectivity index (χ4n) is 4.60. The Morgan fingerprint density at radius 3 is 2.49 bits per heavy atom. The van der Waals surface area contributed by atoms with E-state index >= 15 is 0 Å². The second-order valence-corrected chi connectivity index (χ2v) is 13.5. The molecule has 1 aliphatic carbocycles. The van der Waals surface area contributed by atoms with Crippen molar-refractivity contribution in [1.29, 1.82) is 0 Å². The molecule has 0 saturated heterocycles. The van der Waals surface area contributed by atoms with E-state index in [4.69, 9.17) is 16.3 Å². The van der Waals surface area contributed by atoms with Crippen LogP contribution in [0.5, 0.6) is 5.75 Å². The number of sulfone groups is 1. The van der Waals surface area contributed by atoms with Gasteiger partial charge in [-0.25, -0.2) is 13.4 Å². The van der Waals surface area contributed by atoms with Gasteiger partial charge < -0.3 is 15.4 Å². The summed E-state index contributed by atoms with van der Waals surface area (Å²) in [7, 11) is -3.52. The monoisotopic (exact) mass is 542 g/mol. The predicted molar refractivity (Wildman–Crippen MR) is 151 cm³/mol. The number of aromatic nitrogens is 2. The number of halogens is 1. The molecule has 0 aliphatic heterocycles. The van der Waals surface area contributed by atoms with Gasteiger partial charge in [-0.15, -0.1) is 0 Å². The van der Waals surface area contributed by atoms with Crippen LogP contribution >= 0.6 is 11.6 Å². The first-order valence-electron chi connectivity index (χ1n) is 12.6. The molecule has 0 fully saturated rings. The summed E-state index contributed by atoms with van der Waals surface area (Å²) >= 11 is 6.42. The van der Waals surface area contributed by atoms with Gasteiger partial charge in [0.2, 0.25) is 5.95 Å². The van der Waals surface area contributed by atoms with Crippen LogP contribution in [0.3, 0.4) is 0 Å². The third-order valence-corrected chi connectivity index (χ3v) is 9.09. The second kappa shape index (κ2) is 10.5. The molecule has 9 heteroatoms. The first-order valence-corrected chi connectivity index (χ1v) is 14.5. The largest absolute Gasteiger partial charge is 0.489 e. The highest BCUT2D eigenvalue weighted by molar-refractivity contribution is 7.92. The number of nitrogens with zero attached hydrogens (tertiary/aromatic N) is 2. The summed E-state index contributed by atoms with van der Waals surface area (Å²) in [5.74, 6) is 1.36. The van der Waals surface area contributed by atoms with Crippen molar-refractivity contribution in [2.45, 2.75) is 82.5 Å². The maximum atomic E-state index is 12.9. The number of hydrogen-bond donors (Lipinski definition) is 2. The van der Waals surface area contributed by atoms with E-state index in [0.717, 1.165) is 30.7 Å². The molecular weight excluding hydrogens is 508 g/mol. The molecule has 2 N–H and O–H groups in total. The summed E-state index contributed by atoms with van der Waals surface area (Å²) in [5, 5.41) is 6.11. The average Bonchev–Trinajstić information content (AvgIpc) is 2.81. The minimum Gasteiger partial charge on any atom is -0.489 e. The van der Waals surface area contributed by atoms with Crippen molar-refractivity contribution in [3.63, 3.8) is 0 Å². The number of ether oxygens (including phenoxy) is 1. The molecular formula is C28H35ClN4O3S. The number of para-hydroxylation sites is 1. The number of aryl methyl sites for hydroxylation is 1. The van der Waals surface area contributed by atoms with Crippen molar-refractivity contribution in [3.05, 3.63) is 58.7 Å². The highest BCUT2D eigenvalue weighted by Crippen LogP contribution is 2.42. The molecule has 1 heterocycles. The maximum absolute atomic E-state index is 12.9. The standard InChI is InChI=1S/C28H35ClN4O3S/c1-17(2)36-24-15-20-19(10-9-13-28(20,5)6)14-23(24)32-27-30-16-21(29)26(33-27)31-22-11-7-8-12-25(22)37(34,35)18(3)4/h7-8,11-12,14-18H,9-10,13H2,1-6H3,(H2,30,31,32,33). The number of anilines is 4. The van der Waals surface area contributed by atoms with Crippen molar-refractivity contribution < 1.29 is 13.2 Å². The van der Waals surface area contributed by atoms with Gasteiger partial charge >= 0.3 is 0 Å². The molecule has 0 radical (unpaired) electrons. The lowest BCUT2D eigenvalue weighted by atomic mass is 9.72. The molecule has 37 heavy (non-hydrogen) atoms. The molecule has 0 unspecified atom stereocenters. The molecule has 1 aromatic heterocycles. The van der Waals surface area contributed by atoms with Crippen LogP contribution in [0, 0.1) is 0 Å². The predicted octanol–water partition coefficient (Wildman–Crippen LogP) is 7.20. The molecule has 198 valence electrons. The zero-order chi connectivity index (χ0) is 27.0. The van der Waals surface area contributed by atoms with Gasteiger partial charge in [0.05, 0.1) is 33.8 Å². The normalized spacial score (nSPS) is 14.9. The van der Waals surface area contributed by atoms with Crippen molar-refractivity contribution in [2.75, 3.05) is 10.6 Å². The number of hydrogen-bond acceptors (Lipinski definition) is 7. The number of benzene rings is 2. The van der Waals surface area contributed by atoms with Crippen LogP contribution in [0.25, 0.3) is 0 Å². The average molecular weight is 543 g/mol. The van der Waals surface area contributed by atoms with E-state index in [0.29, 0.717) is 17.5 Å². The Morgan fingerprint density at radius 2 is 1.78 bits per heavy atom. The Balaban J connectivity index is 1.70. The number of fused-ring (bicyclic) bond motifs is 1. The molecule has 0 atom stereocenters. The van der Waals surface area contributed by atoms with E-state index in [1.807, 2.05) is 13.8 Å². The van der Waals surface area contributed by atoms with Crippen molar-refractivity contribution >= 4 is 44.6 Å². The van der Waals surface area contributed by atoms with Crippen LogP contribution in [-0.2, 0) is 21.7 Å². The Hall–Kier alpha value is -2.84. The topological polar surface area (TPSA) is 93.2 Å². The van der Waals surface area contributed by atoms with Gasteiger partial charge in [-0.2, -0.15) is 4.98 Å². The van der Waals surface area contributed by atoms with Gasteiger partial charge in [0, 0.05) is 0 Å². The van der Waals surface area contributed by atoms with E-state index in [-0.39, 0.29) is 21.4 Å². The Labute approximate surface area is 225 Å². The number of rotatable bonds is 8. The summed E-state index contributed by atoms with van der Waals surface area (Å²) in [6, 6.07) is 11.0. The number of nitrogens with one attached hydrogen (secondary N) is 2. The SMILES string of the molecule is CC(C)Oc1cc2c(cc1Nc1ncc(Cl)c(Nc3ccccc3S(=O)(=O)C(C)C)n1)CCCC2(C)C. The zero-order valence-electron chi connectivity index (χ0n) is 22.2. The first kappa shape index (κ1) is 27.2. The Morgan fingerprint density at radius 1 is 1.05 bits per heavy atom.